The molecule has 0 aliphatic heterocycles. The molecule has 0 aromatic heterocycles. The van der Waals surface area contributed by atoms with Gasteiger partial charge < -0.3 is 19.9 Å². The Morgan fingerprint density at radius 3 is 2.05 bits per heavy atom. The van der Waals surface area contributed by atoms with Crippen molar-refractivity contribution in [3.05, 3.63) is 17.7 Å². The third-order valence-electron chi connectivity index (χ3n) is 3.93. The second-order valence-corrected chi connectivity index (χ2v) is 5.10. The average molecular weight is 265 g/mol. The summed E-state index contributed by atoms with van der Waals surface area (Å²) in [7, 11) is 4.85. The van der Waals surface area contributed by atoms with Gasteiger partial charge in [0.1, 0.15) is 0 Å². The molecule has 0 bridgehead atoms. The van der Waals surface area contributed by atoms with E-state index in [2.05, 4.69) is 0 Å². The molecule has 106 valence electrons. The summed E-state index contributed by atoms with van der Waals surface area (Å²) in [6.07, 6.45) is 4.97. The highest BCUT2D eigenvalue weighted by Gasteiger charge is 2.23. The molecule has 0 radical (unpaired) electrons. The molecule has 0 heterocycles. The van der Waals surface area contributed by atoms with Gasteiger partial charge in [0.05, 0.1) is 21.3 Å². The molecule has 1 unspecified atom stereocenters. The quantitative estimate of drug-likeness (QED) is 0.859. The van der Waals surface area contributed by atoms with Gasteiger partial charge in [-0.05, 0) is 30.0 Å². The van der Waals surface area contributed by atoms with Gasteiger partial charge in [-0.25, -0.2) is 0 Å². The van der Waals surface area contributed by atoms with Crippen LogP contribution in [0.25, 0.3) is 0 Å². The fourth-order valence-electron chi connectivity index (χ4n) is 2.54. The Labute approximate surface area is 114 Å². The standard InChI is InChI=1S/C15H23NO3/c1-17-13-8-11(9-14(18-2)15(13)19-3)12(16)7-10-5-4-6-10/h8-10,12H,4-7,16H2,1-3H3. The topological polar surface area (TPSA) is 53.7 Å². The highest BCUT2D eigenvalue weighted by Crippen LogP contribution is 2.41. The molecular weight excluding hydrogens is 242 g/mol. The van der Waals surface area contributed by atoms with E-state index in [0.717, 1.165) is 17.9 Å². The van der Waals surface area contributed by atoms with Crippen LogP contribution in [0.2, 0.25) is 0 Å². The zero-order chi connectivity index (χ0) is 13.8. The smallest absolute Gasteiger partial charge is 0.203 e. The van der Waals surface area contributed by atoms with Crippen LogP contribution >= 0.6 is 0 Å². The van der Waals surface area contributed by atoms with Crippen LogP contribution in [0.1, 0.15) is 37.3 Å². The summed E-state index contributed by atoms with van der Waals surface area (Å²) in [6.45, 7) is 0. The third-order valence-corrected chi connectivity index (χ3v) is 3.93. The zero-order valence-corrected chi connectivity index (χ0v) is 11.9. The molecule has 0 saturated heterocycles. The molecule has 2 rings (SSSR count). The average Bonchev–Trinajstić information content (AvgIpc) is 2.40. The van der Waals surface area contributed by atoms with Crippen LogP contribution in [0.15, 0.2) is 12.1 Å². The normalized spacial score (nSPS) is 16.6. The highest BCUT2D eigenvalue weighted by atomic mass is 16.5. The van der Waals surface area contributed by atoms with E-state index >= 15 is 0 Å². The second-order valence-electron chi connectivity index (χ2n) is 5.10. The summed E-state index contributed by atoms with van der Waals surface area (Å²) < 4.78 is 16.0. The Kier molecular flexibility index (Phi) is 4.53. The molecule has 4 nitrogen and oxygen atoms in total. The molecule has 1 aliphatic rings. The van der Waals surface area contributed by atoms with Gasteiger partial charge in [0.2, 0.25) is 5.75 Å². The van der Waals surface area contributed by atoms with E-state index in [1.54, 1.807) is 21.3 Å². The van der Waals surface area contributed by atoms with Crippen molar-refractivity contribution >= 4 is 0 Å². The SMILES string of the molecule is COc1cc(C(N)CC2CCC2)cc(OC)c1OC. The van der Waals surface area contributed by atoms with E-state index in [0.29, 0.717) is 17.2 Å². The molecule has 0 amide bonds. The molecule has 4 heteroatoms. The minimum Gasteiger partial charge on any atom is -0.493 e. The lowest BCUT2D eigenvalue weighted by molar-refractivity contribution is 0.276. The highest BCUT2D eigenvalue weighted by molar-refractivity contribution is 5.54. The molecule has 19 heavy (non-hydrogen) atoms. The van der Waals surface area contributed by atoms with Crippen LogP contribution in [-0.4, -0.2) is 21.3 Å². The predicted molar refractivity (Wildman–Crippen MR) is 75.0 cm³/mol. The lowest BCUT2D eigenvalue weighted by atomic mass is 9.80. The van der Waals surface area contributed by atoms with Crippen LogP contribution in [0, 0.1) is 5.92 Å². The van der Waals surface area contributed by atoms with Crippen molar-refractivity contribution in [3.8, 4) is 17.2 Å². The molecule has 1 atom stereocenters. The van der Waals surface area contributed by atoms with Crippen molar-refractivity contribution < 1.29 is 14.2 Å². The van der Waals surface area contributed by atoms with Gasteiger partial charge in [-0.3, -0.25) is 0 Å². The minimum absolute atomic E-state index is 0.0269. The largest absolute Gasteiger partial charge is 0.493 e. The first-order valence-corrected chi connectivity index (χ1v) is 6.75. The van der Waals surface area contributed by atoms with Gasteiger partial charge in [-0.15, -0.1) is 0 Å². The molecule has 1 aromatic carbocycles. The van der Waals surface area contributed by atoms with Gasteiger partial charge in [0, 0.05) is 6.04 Å². The van der Waals surface area contributed by atoms with E-state index in [4.69, 9.17) is 19.9 Å². The fraction of sp³-hybridized carbons (Fsp3) is 0.600. The van der Waals surface area contributed by atoms with Crippen molar-refractivity contribution in [2.24, 2.45) is 11.7 Å². The second kappa shape index (κ2) is 6.15. The molecule has 2 N–H and O–H groups in total. The molecule has 1 aliphatic carbocycles. The number of methoxy groups -OCH3 is 3. The van der Waals surface area contributed by atoms with Crippen LogP contribution in [-0.2, 0) is 0 Å². The Morgan fingerprint density at radius 1 is 1.11 bits per heavy atom. The van der Waals surface area contributed by atoms with E-state index in [1.165, 1.54) is 19.3 Å². The Balaban J connectivity index is 2.23. The number of hydrogen-bond acceptors (Lipinski definition) is 4. The summed E-state index contributed by atoms with van der Waals surface area (Å²) in [6, 6.07) is 3.93. The molecule has 1 aromatic rings. The Bertz CT molecular complexity index is 404. The fourth-order valence-corrected chi connectivity index (χ4v) is 2.54. The molecule has 0 spiro atoms. The van der Waals surface area contributed by atoms with Crippen molar-refractivity contribution in [1.82, 2.24) is 0 Å². The van der Waals surface area contributed by atoms with Crippen LogP contribution in [0.3, 0.4) is 0 Å². The Hall–Kier alpha value is -1.42. The number of rotatable bonds is 6. The molecular formula is C15H23NO3. The van der Waals surface area contributed by atoms with E-state index < -0.39 is 0 Å². The first kappa shape index (κ1) is 14.0. The van der Waals surface area contributed by atoms with Gasteiger partial charge in [-0.1, -0.05) is 19.3 Å². The first-order chi connectivity index (χ1) is 9.19. The summed E-state index contributed by atoms with van der Waals surface area (Å²) >= 11 is 0. The van der Waals surface area contributed by atoms with E-state index in [1.807, 2.05) is 12.1 Å². The lowest BCUT2D eigenvalue weighted by Crippen LogP contribution is -2.20. The number of ether oxygens (including phenoxy) is 3. The maximum atomic E-state index is 6.29. The van der Waals surface area contributed by atoms with Gasteiger partial charge in [0.15, 0.2) is 11.5 Å². The predicted octanol–water partition coefficient (Wildman–Crippen LogP) is 2.90. The van der Waals surface area contributed by atoms with E-state index in [-0.39, 0.29) is 6.04 Å². The first-order valence-electron chi connectivity index (χ1n) is 6.75. The molecule has 1 saturated carbocycles. The van der Waals surface area contributed by atoms with Gasteiger partial charge in [0.25, 0.3) is 0 Å². The summed E-state index contributed by atoms with van der Waals surface area (Å²) in [5, 5.41) is 0. The lowest BCUT2D eigenvalue weighted by Gasteiger charge is -2.28. The third kappa shape index (κ3) is 2.95. The maximum absolute atomic E-state index is 6.29. The van der Waals surface area contributed by atoms with Crippen LogP contribution in [0.4, 0.5) is 0 Å². The number of nitrogens with two attached hydrogens (primary N) is 1. The monoisotopic (exact) mass is 265 g/mol. The number of benzene rings is 1. The maximum Gasteiger partial charge on any atom is 0.203 e. The van der Waals surface area contributed by atoms with Gasteiger partial charge in [-0.2, -0.15) is 0 Å². The van der Waals surface area contributed by atoms with E-state index in [9.17, 15) is 0 Å². The van der Waals surface area contributed by atoms with Crippen molar-refractivity contribution in [2.75, 3.05) is 21.3 Å². The van der Waals surface area contributed by atoms with Crippen LogP contribution < -0.4 is 19.9 Å². The minimum atomic E-state index is 0.0269. The van der Waals surface area contributed by atoms with Crippen molar-refractivity contribution in [2.45, 2.75) is 31.7 Å². The zero-order valence-electron chi connectivity index (χ0n) is 11.9. The van der Waals surface area contributed by atoms with Gasteiger partial charge >= 0.3 is 0 Å². The molecule has 1 fully saturated rings. The number of hydrogen-bond donors (Lipinski definition) is 1. The summed E-state index contributed by atoms with van der Waals surface area (Å²) in [5.41, 5.74) is 7.34. The van der Waals surface area contributed by atoms with Crippen molar-refractivity contribution in [3.63, 3.8) is 0 Å². The summed E-state index contributed by atoms with van der Waals surface area (Å²) in [4.78, 5) is 0. The summed E-state index contributed by atoms with van der Waals surface area (Å²) in [5.74, 6) is 2.72. The Morgan fingerprint density at radius 2 is 1.68 bits per heavy atom. The van der Waals surface area contributed by atoms with Crippen molar-refractivity contribution in [1.29, 1.82) is 0 Å². The van der Waals surface area contributed by atoms with Crippen LogP contribution in [0.5, 0.6) is 17.2 Å².